The Morgan fingerprint density at radius 1 is 1.50 bits per heavy atom. The van der Waals surface area contributed by atoms with Crippen molar-refractivity contribution in [1.82, 2.24) is 0 Å². The monoisotopic (exact) mass is 163 g/mol. The molecule has 0 saturated heterocycles. The van der Waals surface area contributed by atoms with Gasteiger partial charge in [0.15, 0.2) is 0 Å². The summed E-state index contributed by atoms with van der Waals surface area (Å²) in [6, 6.07) is 0. The highest BCUT2D eigenvalue weighted by molar-refractivity contribution is 4.82. The fraction of sp³-hybridized carbons (Fsp3) is 0.714. The fourth-order valence-electron chi connectivity index (χ4n) is 0.597. The number of aliphatic hydroxyl groups excluding tert-OH is 1. The van der Waals surface area contributed by atoms with Crippen molar-refractivity contribution in [2.24, 2.45) is 0 Å². The van der Waals surface area contributed by atoms with Gasteiger partial charge in [0.05, 0.1) is 20.7 Å². The Hall–Kier alpha value is -0.230. The smallest absolute Gasteiger partial charge is 0.140 e. The van der Waals surface area contributed by atoms with Gasteiger partial charge in [-0.05, 0) is 5.92 Å². The van der Waals surface area contributed by atoms with Crippen molar-refractivity contribution in [2.45, 2.75) is 0 Å². The second-order valence-corrected chi connectivity index (χ2v) is 2.75. The zero-order chi connectivity index (χ0) is 7.33. The van der Waals surface area contributed by atoms with Crippen molar-refractivity contribution in [3.05, 3.63) is 0 Å². The van der Waals surface area contributed by atoms with Crippen LogP contribution in [0, 0.1) is 12.3 Å². The summed E-state index contributed by atoms with van der Waals surface area (Å²) in [5.74, 6) is 2.55. The second-order valence-electron chi connectivity index (χ2n) is 2.75. The van der Waals surface area contributed by atoms with Crippen LogP contribution in [0.5, 0.6) is 0 Å². The number of terminal acetylenes is 1. The van der Waals surface area contributed by atoms with Crippen molar-refractivity contribution in [1.29, 1.82) is 0 Å². The quantitative estimate of drug-likeness (QED) is 0.342. The zero-order valence-electron chi connectivity index (χ0n) is 6.47. The molecule has 1 N–H and O–H groups in total. The lowest BCUT2D eigenvalue weighted by atomic mass is 10.4. The van der Waals surface area contributed by atoms with E-state index in [1.807, 2.05) is 14.1 Å². The predicted octanol–water partition coefficient (Wildman–Crippen LogP) is -3.31. The molecule has 0 amide bonds. The molecule has 0 radical (unpaired) electrons. The maximum Gasteiger partial charge on any atom is 0.140 e. The van der Waals surface area contributed by atoms with E-state index in [1.54, 1.807) is 0 Å². The molecule has 0 bridgehead atoms. The lowest BCUT2D eigenvalue weighted by Gasteiger charge is -2.25. The molecule has 0 rings (SSSR count). The van der Waals surface area contributed by atoms with E-state index in [1.165, 1.54) is 0 Å². The molecule has 0 atom stereocenters. The van der Waals surface area contributed by atoms with Crippen LogP contribution in [-0.4, -0.2) is 43.4 Å². The van der Waals surface area contributed by atoms with Gasteiger partial charge in [0.1, 0.15) is 13.1 Å². The van der Waals surface area contributed by atoms with E-state index in [9.17, 15) is 0 Å². The van der Waals surface area contributed by atoms with E-state index in [-0.39, 0.29) is 19.0 Å². The number of rotatable bonds is 3. The van der Waals surface area contributed by atoms with Gasteiger partial charge in [-0.15, -0.1) is 6.42 Å². The van der Waals surface area contributed by atoms with Gasteiger partial charge in [-0.1, -0.05) is 0 Å². The number of hydrogen-bond acceptors (Lipinski definition) is 1. The van der Waals surface area contributed by atoms with Gasteiger partial charge in [-0.3, -0.25) is 0 Å². The molecule has 2 nitrogen and oxygen atoms in total. The Labute approximate surface area is 68.8 Å². The molecule has 60 valence electrons. The number of nitrogens with zero attached hydrogens (tertiary/aromatic N) is 1. The van der Waals surface area contributed by atoms with E-state index in [0.29, 0.717) is 11.0 Å². The van der Waals surface area contributed by atoms with E-state index in [2.05, 4.69) is 5.92 Å². The van der Waals surface area contributed by atoms with Gasteiger partial charge < -0.3 is 22.0 Å². The number of likely N-dealkylation sites (N-methyl/N-ethyl adjacent to an activating group) is 1. The van der Waals surface area contributed by atoms with Gasteiger partial charge in [0, 0.05) is 0 Å². The predicted molar refractivity (Wildman–Crippen MR) is 37.8 cm³/mol. The molecule has 0 spiro atoms. The Balaban J connectivity index is 0. The lowest BCUT2D eigenvalue weighted by Crippen LogP contribution is -3.00. The van der Waals surface area contributed by atoms with Crippen molar-refractivity contribution in [3.63, 3.8) is 0 Å². The standard InChI is InChI=1S/C7H14NO.ClH/c1-4-5-8(2,3)6-7-9;/h1,9H,5-7H2,2-3H3;1H/q+1;/p-1. The molecule has 0 fully saturated rings. The van der Waals surface area contributed by atoms with E-state index >= 15 is 0 Å². The highest BCUT2D eigenvalue weighted by atomic mass is 35.5. The van der Waals surface area contributed by atoms with Crippen LogP contribution >= 0.6 is 0 Å². The third-order valence-corrected chi connectivity index (χ3v) is 1.22. The Morgan fingerprint density at radius 2 is 2.00 bits per heavy atom. The summed E-state index contributed by atoms with van der Waals surface area (Å²) in [6.45, 7) is 1.61. The molecule has 0 unspecified atom stereocenters. The highest BCUT2D eigenvalue weighted by Gasteiger charge is 2.10. The zero-order valence-corrected chi connectivity index (χ0v) is 7.23. The molecule has 3 heteroatoms. The van der Waals surface area contributed by atoms with Crippen molar-refractivity contribution in [2.75, 3.05) is 33.8 Å². The van der Waals surface area contributed by atoms with Crippen LogP contribution in [0.15, 0.2) is 0 Å². The van der Waals surface area contributed by atoms with Gasteiger partial charge in [0.2, 0.25) is 0 Å². The minimum atomic E-state index is 0. The van der Waals surface area contributed by atoms with Crippen LogP contribution in [0.3, 0.4) is 0 Å². The van der Waals surface area contributed by atoms with Crippen LogP contribution in [0.4, 0.5) is 0 Å². The Morgan fingerprint density at radius 3 is 2.30 bits per heavy atom. The highest BCUT2D eigenvalue weighted by Crippen LogP contribution is 1.92. The van der Waals surface area contributed by atoms with Crippen LogP contribution < -0.4 is 12.4 Å². The summed E-state index contributed by atoms with van der Waals surface area (Å²) in [5, 5.41) is 8.54. The van der Waals surface area contributed by atoms with Crippen LogP contribution in [0.25, 0.3) is 0 Å². The summed E-state index contributed by atoms with van der Waals surface area (Å²) >= 11 is 0. The van der Waals surface area contributed by atoms with Crippen molar-refractivity contribution in [3.8, 4) is 12.3 Å². The first kappa shape index (κ1) is 12.4. The Kier molecular flexibility index (Phi) is 6.90. The minimum Gasteiger partial charge on any atom is -1.00 e. The lowest BCUT2D eigenvalue weighted by molar-refractivity contribution is -0.883. The minimum absolute atomic E-state index is 0. The fourth-order valence-corrected chi connectivity index (χ4v) is 0.597. The summed E-state index contributed by atoms with van der Waals surface area (Å²) in [6.07, 6.45) is 5.10. The maximum atomic E-state index is 8.54. The summed E-state index contributed by atoms with van der Waals surface area (Å²) in [5.41, 5.74) is 0. The first-order valence-electron chi connectivity index (χ1n) is 2.99. The molecule has 0 aromatic rings. The molecular formula is C7H14ClNO. The summed E-state index contributed by atoms with van der Waals surface area (Å²) in [7, 11) is 3.99. The number of aliphatic hydroxyl groups is 1. The Bertz CT molecular complexity index is 117. The largest absolute Gasteiger partial charge is 1.00 e. The average Bonchev–Trinajstić information content (AvgIpc) is 1.64. The van der Waals surface area contributed by atoms with Gasteiger partial charge >= 0.3 is 0 Å². The summed E-state index contributed by atoms with van der Waals surface area (Å²) < 4.78 is 0.701. The topological polar surface area (TPSA) is 20.2 Å². The number of halogens is 1. The third kappa shape index (κ3) is 5.90. The third-order valence-electron chi connectivity index (χ3n) is 1.22. The van der Waals surface area contributed by atoms with Crippen molar-refractivity contribution < 1.29 is 22.0 Å². The number of quaternary nitrogens is 1. The molecular weight excluding hydrogens is 150 g/mol. The molecule has 0 aliphatic rings. The molecule has 0 aromatic carbocycles. The van der Waals surface area contributed by atoms with Crippen LogP contribution in [0.1, 0.15) is 0 Å². The van der Waals surface area contributed by atoms with Crippen LogP contribution in [0.2, 0.25) is 0 Å². The molecule has 0 aromatic heterocycles. The first-order valence-corrected chi connectivity index (χ1v) is 2.99. The van der Waals surface area contributed by atoms with Crippen LogP contribution in [-0.2, 0) is 0 Å². The van der Waals surface area contributed by atoms with E-state index in [4.69, 9.17) is 11.5 Å². The molecule has 0 saturated carbocycles. The number of hydrogen-bond donors (Lipinski definition) is 1. The van der Waals surface area contributed by atoms with E-state index in [0.717, 1.165) is 6.54 Å². The van der Waals surface area contributed by atoms with Gasteiger partial charge in [-0.25, -0.2) is 0 Å². The van der Waals surface area contributed by atoms with Gasteiger partial charge in [-0.2, -0.15) is 0 Å². The summed E-state index contributed by atoms with van der Waals surface area (Å²) in [4.78, 5) is 0. The molecule has 10 heavy (non-hydrogen) atoms. The SMILES string of the molecule is C#CC[N+](C)(C)CCO.[Cl-]. The molecule has 0 heterocycles. The van der Waals surface area contributed by atoms with E-state index < -0.39 is 0 Å². The second kappa shape index (κ2) is 5.55. The maximum absolute atomic E-state index is 8.54. The van der Waals surface area contributed by atoms with Gasteiger partial charge in [0.25, 0.3) is 0 Å². The van der Waals surface area contributed by atoms with Crippen molar-refractivity contribution >= 4 is 0 Å². The normalized spacial score (nSPS) is 9.80. The average molecular weight is 164 g/mol. The molecule has 0 aliphatic carbocycles. The first-order chi connectivity index (χ1) is 4.12. The molecule has 0 aliphatic heterocycles.